The normalized spacial score (nSPS) is 37.9. The molecule has 1 aliphatic heterocycles. The predicted molar refractivity (Wildman–Crippen MR) is 108 cm³/mol. The number of rotatable bonds is 4. The van der Waals surface area contributed by atoms with Crippen LogP contribution in [0.15, 0.2) is 34.4 Å². The Hall–Kier alpha value is -2.17. The zero-order chi connectivity index (χ0) is 20.1. The highest BCUT2D eigenvalue weighted by atomic mass is 16.2. The maximum atomic E-state index is 13.5. The molecule has 0 radical (unpaired) electrons. The maximum Gasteiger partial charge on any atom is 0.327 e. The lowest BCUT2D eigenvalue weighted by Crippen LogP contribution is -2.52. The monoisotopic (exact) mass is 392 g/mol. The van der Waals surface area contributed by atoms with Gasteiger partial charge in [0.05, 0.1) is 12.5 Å². The van der Waals surface area contributed by atoms with Crippen LogP contribution >= 0.6 is 0 Å². The molecule has 6 rings (SSSR count). The molecule has 5 nitrogen and oxygen atoms in total. The fourth-order valence-electron chi connectivity index (χ4n) is 7.31. The van der Waals surface area contributed by atoms with Crippen molar-refractivity contribution in [1.29, 1.82) is 0 Å². The fourth-order valence-corrected chi connectivity index (χ4v) is 7.31. The number of amides is 3. The molecule has 152 valence electrons. The van der Waals surface area contributed by atoms with Crippen molar-refractivity contribution in [2.75, 3.05) is 13.6 Å². The van der Waals surface area contributed by atoms with Gasteiger partial charge in [-0.25, -0.2) is 4.79 Å². The largest absolute Gasteiger partial charge is 0.327 e. The van der Waals surface area contributed by atoms with E-state index in [9.17, 15) is 14.4 Å². The van der Waals surface area contributed by atoms with E-state index in [-0.39, 0.29) is 36.1 Å². The molecule has 0 N–H and O–H groups in total. The van der Waals surface area contributed by atoms with Gasteiger partial charge in [0.1, 0.15) is 5.54 Å². The zero-order valence-electron chi connectivity index (χ0n) is 17.2. The van der Waals surface area contributed by atoms with Crippen LogP contribution in [-0.4, -0.2) is 46.7 Å². The second-order valence-corrected chi connectivity index (χ2v) is 10.1. The number of imide groups is 1. The lowest BCUT2D eigenvalue weighted by Gasteiger charge is -2.37. The lowest BCUT2D eigenvalue weighted by molar-refractivity contribution is -0.137. The molecule has 2 unspecified atom stereocenters. The van der Waals surface area contributed by atoms with E-state index in [4.69, 9.17) is 0 Å². The number of nitrogens with zero attached hydrogens (tertiary/aromatic N) is 2. The molecule has 4 atom stereocenters. The maximum absolute atomic E-state index is 13.5. The van der Waals surface area contributed by atoms with Gasteiger partial charge in [-0.05, 0) is 69.6 Å². The summed E-state index contributed by atoms with van der Waals surface area (Å²) < 4.78 is 0. The molecule has 3 amide bonds. The number of hydrogen-bond acceptors (Lipinski definition) is 3. The second-order valence-electron chi connectivity index (χ2n) is 10.1. The SMILES string of the molecule is CN1C(=O)N(CC(=O)C2C3=C4CCC(=C2CC3)C4)C(=O)C1(C)C1C[C@H]2C=C[C@@H]1C2. The summed E-state index contributed by atoms with van der Waals surface area (Å²) in [7, 11) is 1.74. The average Bonchev–Trinajstić information content (AvgIpc) is 3.49. The van der Waals surface area contributed by atoms with E-state index in [1.165, 1.54) is 27.2 Å². The van der Waals surface area contributed by atoms with Crippen LogP contribution in [-0.2, 0) is 9.59 Å². The summed E-state index contributed by atoms with van der Waals surface area (Å²) in [6.07, 6.45) is 11.8. The van der Waals surface area contributed by atoms with Gasteiger partial charge >= 0.3 is 6.03 Å². The van der Waals surface area contributed by atoms with Crippen LogP contribution in [0.2, 0.25) is 0 Å². The summed E-state index contributed by atoms with van der Waals surface area (Å²) in [5.41, 5.74) is 4.68. The third-order valence-corrected chi connectivity index (χ3v) is 8.95. The Morgan fingerprint density at radius 2 is 1.76 bits per heavy atom. The molecule has 0 spiro atoms. The van der Waals surface area contributed by atoms with E-state index in [2.05, 4.69) is 12.2 Å². The van der Waals surface area contributed by atoms with Crippen molar-refractivity contribution in [3.05, 3.63) is 34.4 Å². The highest BCUT2D eigenvalue weighted by Gasteiger charge is 2.60. The van der Waals surface area contributed by atoms with Crippen molar-refractivity contribution in [2.24, 2.45) is 23.7 Å². The van der Waals surface area contributed by atoms with E-state index in [1.807, 2.05) is 6.92 Å². The van der Waals surface area contributed by atoms with Crippen LogP contribution in [0.5, 0.6) is 0 Å². The lowest BCUT2D eigenvalue weighted by atomic mass is 9.76. The van der Waals surface area contributed by atoms with Gasteiger partial charge < -0.3 is 4.90 Å². The minimum absolute atomic E-state index is 0.0382. The van der Waals surface area contributed by atoms with Crippen LogP contribution in [0, 0.1) is 23.7 Å². The fraction of sp³-hybridized carbons (Fsp3) is 0.625. The Labute approximate surface area is 171 Å². The molecular formula is C24H28N2O3. The highest BCUT2D eigenvalue weighted by Crippen LogP contribution is 2.53. The third kappa shape index (κ3) is 2.14. The summed E-state index contributed by atoms with van der Waals surface area (Å²) in [5, 5.41) is 0. The summed E-state index contributed by atoms with van der Waals surface area (Å²) in [5.74, 6) is 0.754. The van der Waals surface area contributed by atoms with Gasteiger partial charge in [-0.3, -0.25) is 14.5 Å². The quantitative estimate of drug-likeness (QED) is 0.542. The first-order chi connectivity index (χ1) is 13.9. The molecule has 0 aromatic carbocycles. The van der Waals surface area contributed by atoms with Crippen LogP contribution in [0.25, 0.3) is 0 Å². The average molecular weight is 392 g/mol. The number of carbonyl (C=O) groups excluding carboxylic acids is 3. The minimum Gasteiger partial charge on any atom is -0.313 e. The molecule has 6 bridgehead atoms. The van der Waals surface area contributed by atoms with Crippen molar-refractivity contribution in [2.45, 2.75) is 57.4 Å². The number of fused-ring (bicyclic) bond motifs is 6. The smallest absolute Gasteiger partial charge is 0.313 e. The van der Waals surface area contributed by atoms with E-state index in [1.54, 1.807) is 11.9 Å². The molecule has 29 heavy (non-hydrogen) atoms. The molecule has 4 fully saturated rings. The minimum atomic E-state index is -0.837. The van der Waals surface area contributed by atoms with Gasteiger partial charge in [-0.2, -0.15) is 0 Å². The van der Waals surface area contributed by atoms with Crippen LogP contribution < -0.4 is 0 Å². The van der Waals surface area contributed by atoms with E-state index in [0.29, 0.717) is 11.8 Å². The molecule has 3 saturated carbocycles. The van der Waals surface area contributed by atoms with Crippen LogP contribution in [0.3, 0.4) is 0 Å². The Kier molecular flexibility index (Phi) is 3.48. The van der Waals surface area contributed by atoms with Crippen molar-refractivity contribution in [3.63, 3.8) is 0 Å². The third-order valence-electron chi connectivity index (χ3n) is 8.95. The summed E-state index contributed by atoms with van der Waals surface area (Å²) >= 11 is 0. The zero-order valence-corrected chi connectivity index (χ0v) is 17.2. The topological polar surface area (TPSA) is 57.7 Å². The first kappa shape index (κ1) is 17.7. The molecule has 1 heterocycles. The van der Waals surface area contributed by atoms with Gasteiger partial charge in [0, 0.05) is 7.05 Å². The molecule has 1 saturated heterocycles. The summed E-state index contributed by atoms with van der Waals surface area (Å²) in [4.78, 5) is 42.8. The van der Waals surface area contributed by atoms with Crippen molar-refractivity contribution in [3.8, 4) is 0 Å². The molecule has 0 aromatic rings. The van der Waals surface area contributed by atoms with Gasteiger partial charge in [0.25, 0.3) is 5.91 Å². The van der Waals surface area contributed by atoms with E-state index >= 15 is 0 Å². The molecule has 6 aliphatic rings. The number of Topliss-reactive ketones (excluding diaryl/α,β-unsaturated/α-hetero) is 1. The number of urea groups is 1. The Morgan fingerprint density at radius 1 is 1.07 bits per heavy atom. The van der Waals surface area contributed by atoms with Gasteiger partial charge in [0.2, 0.25) is 0 Å². The standard InChI is InChI=1S/C24H28N2O3/c1-24(19-10-13-3-4-16(19)9-13)22(28)26(23(29)25(24)2)12-20(27)21-17-7-8-18(21)15-6-5-14(17)11-15/h3-4,13,16,19,21H,5-12H2,1-2H3/t13-,16+,19?,24?/m0/s1. The molecule has 5 aliphatic carbocycles. The highest BCUT2D eigenvalue weighted by molar-refractivity contribution is 6.09. The van der Waals surface area contributed by atoms with Crippen molar-refractivity contribution < 1.29 is 14.4 Å². The van der Waals surface area contributed by atoms with Crippen molar-refractivity contribution >= 4 is 17.7 Å². The van der Waals surface area contributed by atoms with E-state index in [0.717, 1.165) is 44.9 Å². The van der Waals surface area contributed by atoms with Crippen molar-refractivity contribution in [1.82, 2.24) is 9.80 Å². The number of hydrogen-bond donors (Lipinski definition) is 0. The number of carbonyl (C=O) groups is 3. The predicted octanol–water partition coefficient (Wildman–Crippen LogP) is 3.62. The number of ketones is 1. The van der Waals surface area contributed by atoms with Gasteiger partial charge in [-0.15, -0.1) is 0 Å². The molecule has 5 heteroatoms. The summed E-state index contributed by atoms with van der Waals surface area (Å²) in [6.45, 7) is 1.84. The summed E-state index contributed by atoms with van der Waals surface area (Å²) in [6, 6.07) is -0.306. The van der Waals surface area contributed by atoms with Gasteiger partial charge in [0.15, 0.2) is 5.78 Å². The van der Waals surface area contributed by atoms with Gasteiger partial charge in [-0.1, -0.05) is 34.4 Å². The Balaban J connectivity index is 1.27. The molecular weight excluding hydrogens is 364 g/mol. The number of likely N-dealkylation sites (N-methyl/N-ethyl adjacent to an activating group) is 1. The Bertz CT molecular complexity index is 929. The molecule has 0 aromatic heterocycles. The first-order valence-corrected chi connectivity index (χ1v) is 11.1. The first-order valence-electron chi connectivity index (χ1n) is 11.1. The Morgan fingerprint density at radius 3 is 2.34 bits per heavy atom. The number of allylic oxidation sites excluding steroid dienone is 6. The second kappa shape index (κ2) is 5.71. The van der Waals surface area contributed by atoms with E-state index < -0.39 is 5.54 Å². The van der Waals surface area contributed by atoms with Crippen LogP contribution in [0.4, 0.5) is 4.79 Å². The van der Waals surface area contributed by atoms with Crippen LogP contribution in [0.1, 0.15) is 51.9 Å².